The van der Waals surface area contributed by atoms with Gasteiger partial charge in [0, 0.05) is 43.0 Å². The number of carbonyl (C=O) groups excluding carboxylic acids is 2. The highest BCUT2D eigenvalue weighted by atomic mass is 19.4. The van der Waals surface area contributed by atoms with Gasteiger partial charge in [-0.1, -0.05) is 6.07 Å². The number of halogens is 3. The van der Waals surface area contributed by atoms with Gasteiger partial charge >= 0.3 is 12.2 Å². The van der Waals surface area contributed by atoms with Crippen molar-refractivity contribution in [1.82, 2.24) is 25.4 Å². The number of alkyl halides is 3. The number of anilines is 1. The largest absolute Gasteiger partial charge is 0.487 e. The summed E-state index contributed by atoms with van der Waals surface area (Å²) in [6.07, 6.45) is -2.45. The lowest BCUT2D eigenvalue weighted by Gasteiger charge is -2.22. The maximum Gasteiger partial charge on any atom is 0.416 e. The van der Waals surface area contributed by atoms with Crippen LogP contribution in [0.4, 0.5) is 23.8 Å². The van der Waals surface area contributed by atoms with Gasteiger partial charge in [-0.25, -0.2) is 9.78 Å². The highest BCUT2D eigenvalue weighted by Gasteiger charge is 2.59. The Bertz CT molecular complexity index is 1650. The molecule has 3 aromatic rings. The van der Waals surface area contributed by atoms with Crippen LogP contribution in [0.1, 0.15) is 45.0 Å². The third-order valence-corrected chi connectivity index (χ3v) is 8.80. The summed E-state index contributed by atoms with van der Waals surface area (Å²) in [5.41, 5.74) is 0.890. The number of rotatable bonds is 7. The van der Waals surface area contributed by atoms with Crippen molar-refractivity contribution in [3.63, 3.8) is 0 Å². The lowest BCUT2D eigenvalue weighted by Crippen LogP contribution is -2.34. The SMILES string of the molecule is CN(C)[C@H]1CCN(Cc2ccc(C(=O)N[C@H]3[C@H]4Oc5ccc(Oc6ccnc7c6CNC(=O)N7)cc5[C@@H]34)cc2C(F)(F)F)C1. The van der Waals surface area contributed by atoms with Gasteiger partial charge in [0.05, 0.1) is 29.6 Å². The van der Waals surface area contributed by atoms with Gasteiger partial charge in [-0.15, -0.1) is 0 Å². The molecule has 0 unspecified atom stereocenters. The van der Waals surface area contributed by atoms with Crippen LogP contribution >= 0.6 is 0 Å². The third kappa shape index (κ3) is 5.30. The Morgan fingerprint density at radius 3 is 2.82 bits per heavy atom. The molecule has 2 fully saturated rings. The minimum Gasteiger partial charge on any atom is -0.487 e. The average molecular weight is 609 g/mol. The Morgan fingerprint density at radius 2 is 2.05 bits per heavy atom. The molecule has 7 rings (SSSR count). The van der Waals surface area contributed by atoms with Crippen LogP contribution in [0, 0.1) is 0 Å². The molecule has 4 aliphatic rings. The maximum absolute atomic E-state index is 14.1. The van der Waals surface area contributed by atoms with Gasteiger partial charge in [0.25, 0.3) is 5.91 Å². The molecule has 44 heavy (non-hydrogen) atoms. The number of hydrogen-bond acceptors (Lipinski definition) is 7. The van der Waals surface area contributed by atoms with E-state index in [0.29, 0.717) is 41.2 Å². The van der Waals surface area contributed by atoms with E-state index in [0.717, 1.165) is 24.6 Å². The quantitative estimate of drug-likeness (QED) is 0.367. The molecule has 3 N–H and O–H groups in total. The Balaban J connectivity index is 1.04. The van der Waals surface area contributed by atoms with E-state index < -0.39 is 17.6 Å². The number of likely N-dealkylation sites (tertiary alicyclic amines) is 1. The smallest absolute Gasteiger partial charge is 0.416 e. The topological polar surface area (TPSA) is 108 Å². The fraction of sp³-hybridized carbons (Fsp3) is 0.387. The second-order valence-electron chi connectivity index (χ2n) is 11.9. The van der Waals surface area contributed by atoms with E-state index in [9.17, 15) is 22.8 Å². The van der Waals surface area contributed by atoms with Crippen LogP contribution in [0.25, 0.3) is 0 Å². The summed E-state index contributed by atoms with van der Waals surface area (Å²) in [4.78, 5) is 33.1. The minimum absolute atomic E-state index is 0.0425. The number of urea groups is 1. The molecule has 13 heteroatoms. The second kappa shape index (κ2) is 10.7. The molecular formula is C31H31F3N6O4. The number of amides is 3. The maximum atomic E-state index is 14.1. The van der Waals surface area contributed by atoms with Crippen molar-refractivity contribution in [1.29, 1.82) is 0 Å². The van der Waals surface area contributed by atoms with Gasteiger partial charge in [0.1, 0.15) is 29.2 Å². The highest BCUT2D eigenvalue weighted by molar-refractivity contribution is 5.95. The lowest BCUT2D eigenvalue weighted by atomic mass is 10.0. The number of likely N-dealkylation sites (N-methyl/N-ethyl adjacent to an activating group) is 1. The molecule has 4 heterocycles. The van der Waals surface area contributed by atoms with Crippen molar-refractivity contribution in [2.24, 2.45) is 0 Å². The number of hydrogen-bond donors (Lipinski definition) is 3. The molecular weight excluding hydrogens is 577 g/mol. The summed E-state index contributed by atoms with van der Waals surface area (Å²) in [6.45, 7) is 1.87. The van der Waals surface area contributed by atoms with Gasteiger partial charge in [0.2, 0.25) is 0 Å². The zero-order valence-electron chi connectivity index (χ0n) is 24.1. The molecule has 3 aliphatic heterocycles. The van der Waals surface area contributed by atoms with Crippen molar-refractivity contribution >= 4 is 17.8 Å². The Morgan fingerprint density at radius 1 is 1.20 bits per heavy atom. The van der Waals surface area contributed by atoms with E-state index in [1.807, 2.05) is 25.1 Å². The summed E-state index contributed by atoms with van der Waals surface area (Å²) in [7, 11) is 3.95. The number of pyridine rings is 1. The molecule has 0 radical (unpaired) electrons. The molecule has 1 aliphatic carbocycles. The van der Waals surface area contributed by atoms with Crippen LogP contribution in [0.3, 0.4) is 0 Å². The summed E-state index contributed by atoms with van der Waals surface area (Å²) in [5.74, 6) is 1.44. The summed E-state index contributed by atoms with van der Waals surface area (Å²) >= 11 is 0. The predicted molar refractivity (Wildman–Crippen MR) is 154 cm³/mol. The van der Waals surface area contributed by atoms with E-state index in [-0.39, 0.29) is 48.3 Å². The molecule has 1 saturated carbocycles. The van der Waals surface area contributed by atoms with Gasteiger partial charge in [-0.3, -0.25) is 15.0 Å². The Labute approximate surface area is 251 Å². The summed E-state index contributed by atoms with van der Waals surface area (Å²) in [5, 5.41) is 8.22. The van der Waals surface area contributed by atoms with E-state index in [2.05, 4.69) is 25.8 Å². The van der Waals surface area contributed by atoms with Crippen molar-refractivity contribution in [2.75, 3.05) is 32.5 Å². The number of aromatic nitrogens is 1. The van der Waals surface area contributed by atoms with E-state index in [1.54, 1.807) is 24.4 Å². The van der Waals surface area contributed by atoms with E-state index >= 15 is 0 Å². The molecule has 2 aromatic carbocycles. The minimum atomic E-state index is -4.59. The molecule has 0 spiro atoms. The molecule has 230 valence electrons. The van der Waals surface area contributed by atoms with Crippen LogP contribution in [-0.4, -0.2) is 72.1 Å². The zero-order valence-corrected chi connectivity index (χ0v) is 24.1. The normalized spacial score (nSPS) is 23.6. The first-order valence-electron chi connectivity index (χ1n) is 14.5. The standard InChI is InChI=1S/C31H31F3N6O4/c1-39(2)18-8-10-40(15-18)14-17-4-3-16(11-22(17)31(32,33)34)29(41)37-26-25-20-12-19(5-6-23(20)44-27(25)26)43-24-7-9-35-28-21(24)13-36-30(42)38-28/h3-7,9,11-12,18,25-27H,8,10,13-15H2,1-2H3,(H,37,41)(H2,35,36,38,42)/t18-,25-,26+,27-/m0/s1. The van der Waals surface area contributed by atoms with Crippen LogP contribution in [0.15, 0.2) is 48.7 Å². The Hall–Kier alpha value is -4.36. The molecule has 0 bridgehead atoms. The predicted octanol–water partition coefficient (Wildman–Crippen LogP) is 4.32. The second-order valence-corrected chi connectivity index (χ2v) is 11.9. The van der Waals surface area contributed by atoms with Gasteiger partial charge in [-0.05, 0) is 62.5 Å². The van der Waals surface area contributed by atoms with Crippen LogP contribution < -0.4 is 25.4 Å². The fourth-order valence-electron chi connectivity index (χ4n) is 6.35. The van der Waals surface area contributed by atoms with E-state index in [1.165, 1.54) is 12.1 Å². The lowest BCUT2D eigenvalue weighted by molar-refractivity contribution is -0.138. The third-order valence-electron chi connectivity index (χ3n) is 8.80. The van der Waals surface area contributed by atoms with Gasteiger partial charge in [0.15, 0.2) is 0 Å². The van der Waals surface area contributed by atoms with E-state index in [4.69, 9.17) is 9.47 Å². The Kier molecular flexibility index (Phi) is 6.89. The first kappa shape index (κ1) is 28.4. The zero-order chi connectivity index (χ0) is 30.7. The first-order chi connectivity index (χ1) is 21.0. The highest BCUT2D eigenvalue weighted by Crippen LogP contribution is 2.54. The van der Waals surface area contributed by atoms with Crippen molar-refractivity contribution in [3.8, 4) is 17.2 Å². The fourth-order valence-corrected chi connectivity index (χ4v) is 6.35. The average Bonchev–Trinajstić information content (AvgIpc) is 3.28. The summed E-state index contributed by atoms with van der Waals surface area (Å²) < 4.78 is 54.4. The van der Waals surface area contributed by atoms with Crippen molar-refractivity contribution in [2.45, 2.75) is 49.8 Å². The number of carbonyl (C=O) groups is 2. The van der Waals surface area contributed by atoms with Crippen molar-refractivity contribution < 1.29 is 32.2 Å². The first-order valence-corrected chi connectivity index (χ1v) is 14.5. The number of benzene rings is 2. The number of nitrogens with one attached hydrogen (secondary N) is 3. The molecule has 4 atom stereocenters. The number of fused-ring (bicyclic) bond motifs is 4. The van der Waals surface area contributed by atoms with Gasteiger partial charge in [-0.2, -0.15) is 13.2 Å². The molecule has 1 saturated heterocycles. The van der Waals surface area contributed by atoms with Crippen LogP contribution in [0.5, 0.6) is 17.2 Å². The summed E-state index contributed by atoms with van der Waals surface area (Å²) in [6, 6.07) is 10.5. The van der Waals surface area contributed by atoms with Crippen LogP contribution in [0.2, 0.25) is 0 Å². The number of ether oxygens (including phenoxy) is 2. The molecule has 1 aromatic heterocycles. The monoisotopic (exact) mass is 608 g/mol. The molecule has 10 nitrogen and oxygen atoms in total. The number of nitrogens with zero attached hydrogens (tertiary/aromatic N) is 3. The van der Waals surface area contributed by atoms with Crippen molar-refractivity contribution in [3.05, 3.63) is 76.5 Å². The molecule has 3 amide bonds. The van der Waals surface area contributed by atoms with Gasteiger partial charge < -0.3 is 25.0 Å². The van der Waals surface area contributed by atoms with Crippen LogP contribution in [-0.2, 0) is 19.3 Å².